The zero-order chi connectivity index (χ0) is 28.9. The third kappa shape index (κ3) is 4.88. The van der Waals surface area contributed by atoms with E-state index < -0.39 is 35.2 Å². The van der Waals surface area contributed by atoms with Crippen LogP contribution in [0.4, 0.5) is 28.0 Å². The average Bonchev–Trinajstić information content (AvgIpc) is 3.39. The molecule has 0 bridgehead atoms. The van der Waals surface area contributed by atoms with Crippen LogP contribution in [0.5, 0.6) is 0 Å². The molecular formula is C28H20ClF4N5O3. The number of anilines is 1. The number of hydrogen-bond donors (Lipinski definition) is 1. The van der Waals surface area contributed by atoms with Crippen LogP contribution in [0.3, 0.4) is 0 Å². The summed E-state index contributed by atoms with van der Waals surface area (Å²) in [6.07, 6.45) is -1.93. The van der Waals surface area contributed by atoms with Crippen molar-refractivity contribution in [2.75, 3.05) is 18.4 Å². The number of halogens is 5. The van der Waals surface area contributed by atoms with Crippen LogP contribution in [0.15, 0.2) is 67.0 Å². The van der Waals surface area contributed by atoms with E-state index in [9.17, 15) is 27.2 Å². The fourth-order valence-electron chi connectivity index (χ4n) is 5.24. The van der Waals surface area contributed by atoms with E-state index in [1.165, 1.54) is 23.4 Å². The van der Waals surface area contributed by atoms with Crippen LogP contribution in [0.25, 0.3) is 16.9 Å². The van der Waals surface area contributed by atoms with Gasteiger partial charge in [-0.05, 0) is 54.6 Å². The molecule has 4 heterocycles. The molecule has 2 aliphatic heterocycles. The highest BCUT2D eigenvalue weighted by Gasteiger charge is 2.45. The van der Waals surface area contributed by atoms with Gasteiger partial charge in [0.1, 0.15) is 11.4 Å². The van der Waals surface area contributed by atoms with Gasteiger partial charge < -0.3 is 9.64 Å². The van der Waals surface area contributed by atoms with Crippen LogP contribution in [-0.4, -0.2) is 44.8 Å². The van der Waals surface area contributed by atoms with Gasteiger partial charge in [0.25, 0.3) is 5.91 Å². The summed E-state index contributed by atoms with van der Waals surface area (Å²) < 4.78 is 61.2. The maximum Gasteiger partial charge on any atom is 0.419 e. The van der Waals surface area contributed by atoms with Crippen LogP contribution in [0.2, 0.25) is 5.02 Å². The lowest BCUT2D eigenvalue weighted by atomic mass is 9.82. The Morgan fingerprint density at radius 1 is 1.07 bits per heavy atom. The Morgan fingerprint density at radius 2 is 1.85 bits per heavy atom. The number of carbonyl (C=O) groups is 2. The van der Waals surface area contributed by atoms with E-state index in [1.807, 2.05) is 0 Å². The summed E-state index contributed by atoms with van der Waals surface area (Å²) in [7, 11) is 0. The molecular weight excluding hydrogens is 566 g/mol. The molecule has 8 nitrogen and oxygen atoms in total. The highest BCUT2D eigenvalue weighted by atomic mass is 35.5. The monoisotopic (exact) mass is 585 g/mol. The molecule has 41 heavy (non-hydrogen) atoms. The van der Waals surface area contributed by atoms with Gasteiger partial charge in [-0.1, -0.05) is 11.6 Å². The minimum atomic E-state index is -4.93. The second kappa shape index (κ2) is 9.88. The maximum atomic E-state index is 14.0. The number of benzene rings is 2. The number of likely N-dealkylation sites (tertiary alicyclic amines) is 1. The number of pyridine rings is 1. The minimum absolute atomic E-state index is 0.0246. The first-order valence-corrected chi connectivity index (χ1v) is 12.9. The number of alkyl halides is 3. The van der Waals surface area contributed by atoms with Crippen LogP contribution in [0.1, 0.15) is 34.5 Å². The smallest absolute Gasteiger partial charge is 0.419 e. The Balaban J connectivity index is 1.32. The van der Waals surface area contributed by atoms with Gasteiger partial charge in [0, 0.05) is 54.5 Å². The third-order valence-electron chi connectivity index (χ3n) is 7.24. The molecule has 0 radical (unpaired) electrons. The lowest BCUT2D eigenvalue weighted by Gasteiger charge is -2.44. The molecule has 210 valence electrons. The topological polar surface area (TPSA) is 89.4 Å². The summed E-state index contributed by atoms with van der Waals surface area (Å²) in [6.45, 7) is 0.420. The van der Waals surface area contributed by atoms with Crippen molar-refractivity contribution in [3.8, 4) is 16.9 Å². The van der Waals surface area contributed by atoms with Crippen molar-refractivity contribution >= 4 is 29.3 Å². The molecule has 1 spiro atoms. The lowest BCUT2D eigenvalue weighted by Crippen LogP contribution is -2.49. The summed E-state index contributed by atoms with van der Waals surface area (Å²) in [5, 5.41) is 7.48. The van der Waals surface area contributed by atoms with E-state index in [4.69, 9.17) is 16.3 Å². The molecule has 0 unspecified atom stereocenters. The summed E-state index contributed by atoms with van der Waals surface area (Å²) >= 11 is 6.21. The van der Waals surface area contributed by atoms with Crippen molar-refractivity contribution in [1.29, 1.82) is 0 Å². The SMILES string of the molecule is O=C1Nc2ccc(Cl)cc2C2(CCN(C(=O)c3cc(-c4cccnc4)n(-c4ccc(F)c(C(F)(F)F)c4)n3)CC2)O1. The summed E-state index contributed by atoms with van der Waals surface area (Å²) in [4.78, 5) is 31.5. The molecule has 4 aromatic rings. The zero-order valence-corrected chi connectivity index (χ0v) is 21.8. The fraction of sp³-hybridized carbons (Fsp3) is 0.214. The number of fused-ring (bicyclic) bond motifs is 2. The van der Waals surface area contributed by atoms with Gasteiger partial charge in [-0.15, -0.1) is 0 Å². The predicted octanol–water partition coefficient (Wildman–Crippen LogP) is 6.44. The zero-order valence-electron chi connectivity index (χ0n) is 21.1. The van der Waals surface area contributed by atoms with Crippen molar-refractivity contribution in [3.63, 3.8) is 0 Å². The molecule has 1 N–H and O–H groups in total. The molecule has 0 aliphatic carbocycles. The number of piperidine rings is 1. The van der Waals surface area contributed by atoms with Gasteiger partial charge in [0.15, 0.2) is 5.69 Å². The van der Waals surface area contributed by atoms with Gasteiger partial charge in [-0.2, -0.15) is 18.3 Å². The van der Waals surface area contributed by atoms with Crippen LogP contribution in [-0.2, 0) is 16.5 Å². The molecule has 1 saturated heterocycles. The molecule has 2 aromatic carbocycles. The molecule has 2 aromatic heterocycles. The van der Waals surface area contributed by atoms with Crippen molar-refractivity contribution < 1.29 is 31.9 Å². The summed E-state index contributed by atoms with van der Waals surface area (Å²) in [5.41, 5.74) is -0.433. The molecule has 2 aliphatic rings. The number of amides is 2. The number of ether oxygens (including phenoxy) is 1. The van der Waals surface area contributed by atoms with Gasteiger partial charge in [-0.25, -0.2) is 13.9 Å². The Kier molecular flexibility index (Phi) is 6.45. The minimum Gasteiger partial charge on any atom is -0.438 e. The maximum absolute atomic E-state index is 14.0. The first-order chi connectivity index (χ1) is 19.5. The highest BCUT2D eigenvalue weighted by molar-refractivity contribution is 6.30. The Hall–Kier alpha value is -4.45. The Bertz CT molecular complexity index is 1670. The fourth-order valence-corrected chi connectivity index (χ4v) is 5.41. The second-order valence-electron chi connectivity index (χ2n) is 9.72. The van der Waals surface area contributed by atoms with E-state index >= 15 is 0 Å². The molecule has 1 fully saturated rings. The van der Waals surface area contributed by atoms with Crippen LogP contribution >= 0.6 is 11.6 Å². The average molecular weight is 586 g/mol. The normalized spacial score (nSPS) is 16.2. The molecule has 13 heteroatoms. The highest BCUT2D eigenvalue weighted by Crippen LogP contribution is 2.44. The summed E-state index contributed by atoms with van der Waals surface area (Å²) in [6, 6.07) is 12.4. The third-order valence-corrected chi connectivity index (χ3v) is 7.48. The van der Waals surface area contributed by atoms with Crippen molar-refractivity contribution in [2.45, 2.75) is 24.6 Å². The molecule has 0 atom stereocenters. The van der Waals surface area contributed by atoms with Crippen molar-refractivity contribution in [2.24, 2.45) is 0 Å². The molecule has 2 amide bonds. The Morgan fingerprint density at radius 3 is 2.56 bits per heavy atom. The molecule has 6 rings (SSSR count). The van der Waals surface area contributed by atoms with Crippen molar-refractivity contribution in [3.05, 3.63) is 94.7 Å². The van der Waals surface area contributed by atoms with Gasteiger partial charge in [-0.3, -0.25) is 15.1 Å². The first kappa shape index (κ1) is 26.8. The summed E-state index contributed by atoms with van der Waals surface area (Å²) in [5.74, 6) is -1.88. The molecule has 0 saturated carbocycles. The van der Waals surface area contributed by atoms with E-state index in [0.29, 0.717) is 46.9 Å². The van der Waals surface area contributed by atoms with E-state index in [-0.39, 0.29) is 24.5 Å². The number of carbonyl (C=O) groups excluding carboxylic acids is 2. The van der Waals surface area contributed by atoms with Crippen LogP contribution < -0.4 is 5.32 Å². The standard InChI is InChI=1S/C28H20ClF4N5O3/c29-17-3-6-22-20(12-17)27(41-26(40)35-22)7-10-37(11-8-27)25(39)23-14-24(16-2-1-9-34-15-16)38(36-23)18-4-5-21(30)19(13-18)28(31,32)33/h1-6,9,12-15H,7-8,10-11H2,(H,35,40). The van der Waals surface area contributed by atoms with E-state index in [1.54, 1.807) is 30.3 Å². The first-order valence-electron chi connectivity index (χ1n) is 12.5. The van der Waals surface area contributed by atoms with Crippen LogP contribution in [0, 0.1) is 5.82 Å². The number of rotatable bonds is 3. The number of aromatic nitrogens is 3. The number of nitrogens with one attached hydrogen (secondary N) is 1. The predicted molar refractivity (Wildman–Crippen MR) is 140 cm³/mol. The van der Waals surface area contributed by atoms with Crippen molar-refractivity contribution in [1.82, 2.24) is 19.7 Å². The second-order valence-corrected chi connectivity index (χ2v) is 10.2. The van der Waals surface area contributed by atoms with Gasteiger partial charge in [0.05, 0.1) is 22.6 Å². The largest absolute Gasteiger partial charge is 0.438 e. The quantitative estimate of drug-likeness (QED) is 0.280. The lowest BCUT2D eigenvalue weighted by molar-refractivity contribution is -0.140. The van der Waals surface area contributed by atoms with Gasteiger partial charge in [0.2, 0.25) is 0 Å². The van der Waals surface area contributed by atoms with E-state index in [0.717, 1.165) is 16.3 Å². The van der Waals surface area contributed by atoms with Gasteiger partial charge >= 0.3 is 12.3 Å². The van der Waals surface area contributed by atoms with E-state index in [2.05, 4.69) is 15.4 Å². The number of hydrogen-bond acceptors (Lipinski definition) is 5. The Labute approximate surface area is 235 Å². The number of nitrogens with zero attached hydrogens (tertiary/aromatic N) is 4.